The molecule has 3 N–H and O–H groups in total. The van der Waals surface area contributed by atoms with Crippen LogP contribution in [0.1, 0.15) is 271 Å². The molecule has 0 saturated heterocycles. The van der Waals surface area contributed by atoms with Crippen LogP contribution in [0, 0.1) is 0 Å². The van der Waals surface area contributed by atoms with Crippen molar-refractivity contribution in [3.8, 4) is 0 Å². The number of aliphatic hydroxyl groups is 2. The molecule has 0 aliphatic heterocycles. The van der Waals surface area contributed by atoms with Gasteiger partial charge in [-0.1, -0.05) is 205 Å². The van der Waals surface area contributed by atoms with Gasteiger partial charge in [0.1, 0.15) is 0 Å². The summed E-state index contributed by atoms with van der Waals surface area (Å²) in [6, 6.07) is -0.562. The molecule has 6 heteroatoms. The van der Waals surface area contributed by atoms with Gasteiger partial charge < -0.3 is 20.3 Å². The number of amides is 1. The van der Waals surface area contributed by atoms with Crippen LogP contribution in [0.3, 0.4) is 0 Å². The molecule has 0 radical (unpaired) electrons. The molecule has 0 rings (SSSR count). The van der Waals surface area contributed by atoms with E-state index in [0.717, 1.165) is 83.5 Å². The number of ether oxygens (including phenoxy) is 1. The van der Waals surface area contributed by atoms with Crippen LogP contribution in [0.4, 0.5) is 0 Å². The predicted octanol–water partition coefficient (Wildman–Crippen LogP) is 15.1. The molecule has 0 aliphatic carbocycles. The average molecular weight is 818 g/mol. The van der Waals surface area contributed by atoms with E-state index in [1.165, 1.54) is 154 Å². The smallest absolute Gasteiger partial charge is 0.305 e. The summed E-state index contributed by atoms with van der Waals surface area (Å²) in [7, 11) is 0. The number of allylic oxidation sites excluding steroid dienone is 4. The maximum atomic E-state index is 12.4. The highest BCUT2D eigenvalue weighted by Crippen LogP contribution is 2.16. The van der Waals surface area contributed by atoms with E-state index in [2.05, 4.69) is 43.5 Å². The standard InChI is InChI=1S/C52H99NO5/c1-3-5-7-9-11-13-15-17-19-20-22-26-30-34-38-42-46-52(57)58-47-43-39-35-31-27-23-25-29-33-37-41-45-51(56)53-49(48-54)50(55)44-40-36-32-28-24-21-18-16-14-12-10-8-6-4-2/h19-20,27,31,49-50,54-55H,3-18,21-26,28-30,32-48H2,1-2H3,(H,53,56)/b20-19-,31-27-. The number of carbonyl (C=O) groups excluding carboxylic acids is 2. The molecule has 0 heterocycles. The van der Waals surface area contributed by atoms with E-state index >= 15 is 0 Å². The van der Waals surface area contributed by atoms with Gasteiger partial charge in [-0.15, -0.1) is 0 Å². The first kappa shape index (κ1) is 56.3. The van der Waals surface area contributed by atoms with E-state index in [1.54, 1.807) is 0 Å². The summed E-state index contributed by atoms with van der Waals surface area (Å²) in [5, 5.41) is 23.2. The van der Waals surface area contributed by atoms with Crippen LogP contribution in [-0.4, -0.2) is 47.4 Å². The molecule has 58 heavy (non-hydrogen) atoms. The zero-order valence-electron chi connectivity index (χ0n) is 38.8. The first-order valence-electron chi connectivity index (χ1n) is 25.6. The normalized spacial score (nSPS) is 12.8. The monoisotopic (exact) mass is 818 g/mol. The van der Waals surface area contributed by atoms with Crippen LogP contribution in [0.15, 0.2) is 24.3 Å². The van der Waals surface area contributed by atoms with Gasteiger partial charge >= 0.3 is 5.97 Å². The van der Waals surface area contributed by atoms with Crippen molar-refractivity contribution in [1.29, 1.82) is 0 Å². The van der Waals surface area contributed by atoms with Gasteiger partial charge in [0.05, 0.1) is 25.4 Å². The highest BCUT2D eigenvalue weighted by atomic mass is 16.5. The Labute approximate surface area is 361 Å². The topological polar surface area (TPSA) is 95.9 Å². The van der Waals surface area contributed by atoms with Crippen molar-refractivity contribution in [2.24, 2.45) is 0 Å². The van der Waals surface area contributed by atoms with Crippen LogP contribution in [0.25, 0.3) is 0 Å². The molecule has 1 amide bonds. The fourth-order valence-electron chi connectivity index (χ4n) is 7.74. The summed E-state index contributed by atoms with van der Waals surface area (Å²) in [6.07, 6.45) is 55.7. The second-order valence-corrected chi connectivity index (χ2v) is 17.5. The number of hydrogen-bond donors (Lipinski definition) is 3. The first-order valence-corrected chi connectivity index (χ1v) is 25.6. The average Bonchev–Trinajstić information content (AvgIpc) is 3.22. The van der Waals surface area contributed by atoms with Crippen molar-refractivity contribution >= 4 is 11.9 Å². The van der Waals surface area contributed by atoms with Gasteiger partial charge in [0.25, 0.3) is 0 Å². The second kappa shape index (κ2) is 48.0. The number of aliphatic hydroxyl groups excluding tert-OH is 2. The van der Waals surface area contributed by atoms with Crippen LogP contribution in [-0.2, 0) is 14.3 Å². The molecule has 2 unspecified atom stereocenters. The van der Waals surface area contributed by atoms with Crippen molar-refractivity contribution in [3.63, 3.8) is 0 Å². The molecule has 0 spiro atoms. The number of esters is 1. The SMILES string of the molecule is CCCCCCCCC/C=C\CCCCCCCC(=O)OCCCC/C=C\CCCCCCCC(=O)NC(CO)C(O)CCCCCCCCCCCCCCCC. The molecule has 0 saturated carbocycles. The Morgan fingerprint density at radius 2 is 0.810 bits per heavy atom. The minimum Gasteiger partial charge on any atom is -0.466 e. The summed E-state index contributed by atoms with van der Waals surface area (Å²) in [6.45, 7) is 4.87. The molecule has 2 atom stereocenters. The lowest BCUT2D eigenvalue weighted by atomic mass is 10.0. The van der Waals surface area contributed by atoms with Gasteiger partial charge in [-0.2, -0.15) is 0 Å². The molecule has 0 aromatic rings. The minimum atomic E-state index is -0.682. The van der Waals surface area contributed by atoms with Gasteiger partial charge in [0.2, 0.25) is 5.91 Å². The fourth-order valence-corrected chi connectivity index (χ4v) is 7.74. The third-order valence-corrected chi connectivity index (χ3v) is 11.7. The lowest BCUT2D eigenvalue weighted by molar-refractivity contribution is -0.143. The molecular weight excluding hydrogens is 719 g/mol. The highest BCUT2D eigenvalue weighted by Gasteiger charge is 2.20. The minimum absolute atomic E-state index is 0.0387. The first-order chi connectivity index (χ1) is 28.5. The third kappa shape index (κ3) is 43.9. The van der Waals surface area contributed by atoms with Gasteiger partial charge in [-0.05, 0) is 77.0 Å². The van der Waals surface area contributed by atoms with E-state index in [1.807, 2.05) is 0 Å². The number of carbonyl (C=O) groups is 2. The van der Waals surface area contributed by atoms with Gasteiger partial charge in [-0.25, -0.2) is 0 Å². The van der Waals surface area contributed by atoms with E-state index in [9.17, 15) is 19.8 Å². The molecule has 0 aromatic heterocycles. The number of unbranched alkanes of at least 4 members (excludes halogenated alkanes) is 32. The second-order valence-electron chi connectivity index (χ2n) is 17.5. The lowest BCUT2D eigenvalue weighted by Gasteiger charge is -2.22. The Morgan fingerprint density at radius 1 is 0.466 bits per heavy atom. The maximum Gasteiger partial charge on any atom is 0.305 e. The Morgan fingerprint density at radius 3 is 1.22 bits per heavy atom. The molecule has 0 aromatic carbocycles. The fraction of sp³-hybridized carbons (Fsp3) is 0.885. The number of nitrogens with one attached hydrogen (secondary N) is 1. The van der Waals surface area contributed by atoms with Gasteiger partial charge in [-0.3, -0.25) is 9.59 Å². The van der Waals surface area contributed by atoms with Crippen molar-refractivity contribution in [2.75, 3.05) is 13.2 Å². The Balaban J connectivity index is 3.52. The van der Waals surface area contributed by atoms with Crippen molar-refractivity contribution < 1.29 is 24.5 Å². The summed E-state index contributed by atoms with van der Waals surface area (Å²) < 4.78 is 5.43. The van der Waals surface area contributed by atoms with Crippen LogP contribution < -0.4 is 5.32 Å². The van der Waals surface area contributed by atoms with Crippen molar-refractivity contribution in [1.82, 2.24) is 5.32 Å². The van der Waals surface area contributed by atoms with E-state index < -0.39 is 12.1 Å². The maximum absolute atomic E-state index is 12.4. The van der Waals surface area contributed by atoms with E-state index in [0.29, 0.717) is 25.9 Å². The van der Waals surface area contributed by atoms with E-state index in [-0.39, 0.29) is 18.5 Å². The molecule has 6 nitrogen and oxygen atoms in total. The third-order valence-electron chi connectivity index (χ3n) is 11.7. The highest BCUT2D eigenvalue weighted by molar-refractivity contribution is 5.76. The van der Waals surface area contributed by atoms with Crippen molar-refractivity contribution in [3.05, 3.63) is 24.3 Å². The quantitative estimate of drug-likeness (QED) is 0.0323. The summed E-state index contributed by atoms with van der Waals surface area (Å²) >= 11 is 0. The summed E-state index contributed by atoms with van der Waals surface area (Å²) in [4.78, 5) is 24.5. The zero-order chi connectivity index (χ0) is 42.3. The Kier molecular flexibility index (Phi) is 46.6. The van der Waals surface area contributed by atoms with Crippen LogP contribution in [0.2, 0.25) is 0 Å². The Hall–Kier alpha value is -1.66. The lowest BCUT2D eigenvalue weighted by Crippen LogP contribution is -2.45. The van der Waals surface area contributed by atoms with Crippen LogP contribution in [0.5, 0.6) is 0 Å². The molecule has 0 aliphatic rings. The zero-order valence-corrected chi connectivity index (χ0v) is 38.8. The number of hydrogen-bond acceptors (Lipinski definition) is 5. The largest absolute Gasteiger partial charge is 0.466 e. The molecule has 0 bridgehead atoms. The van der Waals surface area contributed by atoms with Crippen molar-refractivity contribution in [2.45, 2.75) is 283 Å². The molecular formula is C52H99NO5. The Bertz CT molecular complexity index is 904. The van der Waals surface area contributed by atoms with Crippen LogP contribution >= 0.6 is 0 Å². The molecule has 342 valence electrons. The van der Waals surface area contributed by atoms with E-state index in [4.69, 9.17) is 4.74 Å². The molecule has 0 fully saturated rings. The van der Waals surface area contributed by atoms with Gasteiger partial charge in [0.15, 0.2) is 0 Å². The number of rotatable bonds is 47. The summed E-state index contributed by atoms with van der Waals surface area (Å²) in [5.41, 5.74) is 0. The van der Waals surface area contributed by atoms with Gasteiger partial charge in [0, 0.05) is 12.8 Å². The predicted molar refractivity (Wildman–Crippen MR) is 250 cm³/mol. The summed E-state index contributed by atoms with van der Waals surface area (Å²) in [5.74, 6) is -0.103.